The molecule has 0 spiro atoms. The van der Waals surface area contributed by atoms with Crippen molar-refractivity contribution < 1.29 is 9.18 Å². The van der Waals surface area contributed by atoms with Gasteiger partial charge in [-0.2, -0.15) is 0 Å². The van der Waals surface area contributed by atoms with Crippen LogP contribution in [0.5, 0.6) is 0 Å². The molecule has 0 amide bonds. The van der Waals surface area contributed by atoms with Gasteiger partial charge in [0.2, 0.25) is 0 Å². The van der Waals surface area contributed by atoms with Crippen LogP contribution in [0.15, 0.2) is 29.4 Å². The largest absolute Gasteiger partial charge is 0.299 e. The zero-order valence-electron chi connectivity index (χ0n) is 7.35. The van der Waals surface area contributed by atoms with E-state index in [-0.39, 0.29) is 24.6 Å². The average Bonchev–Trinajstić information content (AvgIpc) is 2.18. The van der Waals surface area contributed by atoms with Crippen LogP contribution in [0.4, 0.5) is 4.39 Å². The Morgan fingerprint density at radius 2 is 2.07 bits per heavy atom. The fourth-order valence-electron chi connectivity index (χ4n) is 0.996. The number of Topliss-reactive ketones (excluding diaryl/α,β-unsaturated/α-hetero) is 1. The molecule has 14 heavy (non-hydrogen) atoms. The Hall–Kier alpha value is -1.87. The van der Waals surface area contributed by atoms with E-state index < -0.39 is 0 Å². The molecule has 0 unspecified atom stereocenters. The highest BCUT2D eigenvalue weighted by Gasteiger charge is 2.01. The Balaban J connectivity index is 2.56. The van der Waals surface area contributed by atoms with Crippen molar-refractivity contribution in [1.82, 2.24) is 0 Å². The first-order valence-electron chi connectivity index (χ1n) is 3.99. The molecule has 0 bridgehead atoms. The van der Waals surface area contributed by atoms with Crippen LogP contribution in [-0.4, -0.2) is 12.3 Å². The molecule has 0 aromatic heterocycles. The second-order valence-corrected chi connectivity index (χ2v) is 2.73. The molecule has 0 atom stereocenters. The minimum atomic E-state index is -0.337. The summed E-state index contributed by atoms with van der Waals surface area (Å²) in [6.45, 7) is -0.159. The molecule has 1 rings (SSSR count). The molecule has 0 heterocycles. The lowest BCUT2D eigenvalue weighted by Crippen LogP contribution is -2.05. The fourth-order valence-corrected chi connectivity index (χ4v) is 0.996. The molecule has 1 aromatic carbocycles. The third kappa shape index (κ3) is 3.25. The van der Waals surface area contributed by atoms with Crippen molar-refractivity contribution in [2.45, 2.75) is 6.42 Å². The topological polar surface area (TPSA) is 65.8 Å². The summed E-state index contributed by atoms with van der Waals surface area (Å²) in [7, 11) is 0. The van der Waals surface area contributed by atoms with E-state index >= 15 is 0 Å². The van der Waals surface area contributed by atoms with Crippen molar-refractivity contribution in [3.63, 3.8) is 0 Å². The second kappa shape index (κ2) is 4.99. The highest BCUT2D eigenvalue weighted by atomic mass is 19.1. The molecular formula is C9H8FN3O. The van der Waals surface area contributed by atoms with E-state index in [1.54, 1.807) is 0 Å². The first-order chi connectivity index (χ1) is 6.72. The van der Waals surface area contributed by atoms with Crippen LogP contribution in [0.2, 0.25) is 0 Å². The van der Waals surface area contributed by atoms with Crippen LogP contribution >= 0.6 is 0 Å². The van der Waals surface area contributed by atoms with Crippen molar-refractivity contribution in [1.29, 1.82) is 0 Å². The molecule has 0 aliphatic rings. The minimum Gasteiger partial charge on any atom is -0.299 e. The third-order valence-electron chi connectivity index (χ3n) is 1.62. The minimum absolute atomic E-state index is 0.159. The number of ketones is 1. The lowest BCUT2D eigenvalue weighted by Gasteiger charge is -1.97. The van der Waals surface area contributed by atoms with Crippen molar-refractivity contribution in [2.75, 3.05) is 6.54 Å². The number of hydrogen-bond donors (Lipinski definition) is 0. The Morgan fingerprint density at radius 1 is 1.43 bits per heavy atom. The van der Waals surface area contributed by atoms with Crippen LogP contribution in [0, 0.1) is 5.82 Å². The van der Waals surface area contributed by atoms with Crippen molar-refractivity contribution >= 4 is 5.78 Å². The number of benzene rings is 1. The number of hydrogen-bond acceptors (Lipinski definition) is 2. The molecule has 0 aliphatic heterocycles. The molecule has 5 heteroatoms. The van der Waals surface area contributed by atoms with E-state index in [1.165, 1.54) is 24.3 Å². The number of carbonyl (C=O) groups excluding carboxylic acids is 1. The molecule has 72 valence electrons. The van der Waals surface area contributed by atoms with Gasteiger partial charge in [0, 0.05) is 11.3 Å². The second-order valence-electron chi connectivity index (χ2n) is 2.73. The van der Waals surface area contributed by atoms with Gasteiger partial charge in [-0.1, -0.05) is 17.2 Å². The molecule has 0 N–H and O–H groups in total. The van der Waals surface area contributed by atoms with Gasteiger partial charge in [-0.05, 0) is 23.2 Å². The number of nitrogens with zero attached hydrogens (tertiary/aromatic N) is 3. The number of carbonyl (C=O) groups is 1. The van der Waals surface area contributed by atoms with Crippen LogP contribution < -0.4 is 0 Å². The summed E-state index contributed by atoms with van der Waals surface area (Å²) in [5.41, 5.74) is 8.69. The third-order valence-corrected chi connectivity index (χ3v) is 1.62. The Kier molecular flexibility index (Phi) is 3.64. The van der Waals surface area contributed by atoms with Gasteiger partial charge in [-0.25, -0.2) is 4.39 Å². The van der Waals surface area contributed by atoms with Gasteiger partial charge in [0.25, 0.3) is 0 Å². The van der Waals surface area contributed by atoms with E-state index in [1.807, 2.05) is 0 Å². The summed E-state index contributed by atoms with van der Waals surface area (Å²) < 4.78 is 12.5. The highest BCUT2D eigenvalue weighted by Crippen LogP contribution is 2.03. The van der Waals surface area contributed by atoms with Gasteiger partial charge in [0.15, 0.2) is 0 Å². The summed E-state index contributed by atoms with van der Waals surface area (Å²) in [6.07, 6.45) is 0.166. The van der Waals surface area contributed by atoms with Gasteiger partial charge in [0.05, 0.1) is 6.54 Å². The van der Waals surface area contributed by atoms with E-state index in [0.29, 0.717) is 5.56 Å². The Morgan fingerprint density at radius 3 is 2.64 bits per heavy atom. The van der Waals surface area contributed by atoms with Gasteiger partial charge in [-0.3, -0.25) is 4.79 Å². The van der Waals surface area contributed by atoms with Crippen LogP contribution in [0.3, 0.4) is 0 Å². The monoisotopic (exact) mass is 193 g/mol. The van der Waals surface area contributed by atoms with E-state index in [4.69, 9.17) is 5.53 Å². The molecule has 0 aliphatic carbocycles. The highest BCUT2D eigenvalue weighted by molar-refractivity contribution is 5.82. The predicted molar refractivity (Wildman–Crippen MR) is 49.1 cm³/mol. The van der Waals surface area contributed by atoms with Gasteiger partial charge >= 0.3 is 0 Å². The van der Waals surface area contributed by atoms with E-state index in [2.05, 4.69) is 10.0 Å². The van der Waals surface area contributed by atoms with Crippen LogP contribution in [0.1, 0.15) is 5.56 Å². The maximum atomic E-state index is 12.5. The summed E-state index contributed by atoms with van der Waals surface area (Å²) >= 11 is 0. The molecule has 0 saturated heterocycles. The molecule has 0 fully saturated rings. The number of azide groups is 1. The zero-order chi connectivity index (χ0) is 10.4. The molecule has 0 saturated carbocycles. The van der Waals surface area contributed by atoms with Gasteiger partial charge in [-0.15, -0.1) is 0 Å². The Labute approximate surface area is 80.0 Å². The smallest absolute Gasteiger partial charge is 0.143 e. The van der Waals surface area contributed by atoms with Crippen molar-refractivity contribution in [3.05, 3.63) is 46.1 Å². The molecule has 1 aromatic rings. The summed E-state index contributed by atoms with van der Waals surface area (Å²) in [6, 6.07) is 5.64. The number of halogens is 1. The quantitative estimate of drug-likeness (QED) is 0.410. The summed E-state index contributed by atoms with van der Waals surface area (Å²) in [4.78, 5) is 13.6. The maximum absolute atomic E-state index is 12.5. The first kappa shape index (κ1) is 10.2. The zero-order valence-corrected chi connectivity index (χ0v) is 7.35. The number of rotatable bonds is 4. The van der Waals surface area contributed by atoms with Gasteiger partial charge < -0.3 is 0 Å². The van der Waals surface area contributed by atoms with Crippen LogP contribution in [0.25, 0.3) is 10.4 Å². The van der Waals surface area contributed by atoms with Crippen LogP contribution in [-0.2, 0) is 11.2 Å². The lowest BCUT2D eigenvalue weighted by atomic mass is 10.1. The van der Waals surface area contributed by atoms with E-state index in [9.17, 15) is 9.18 Å². The van der Waals surface area contributed by atoms with Crippen molar-refractivity contribution in [3.8, 4) is 0 Å². The average molecular weight is 193 g/mol. The first-order valence-corrected chi connectivity index (χ1v) is 3.99. The van der Waals surface area contributed by atoms with Gasteiger partial charge in [0.1, 0.15) is 11.6 Å². The van der Waals surface area contributed by atoms with E-state index in [0.717, 1.165) is 0 Å². The fraction of sp³-hybridized carbons (Fsp3) is 0.222. The Bertz CT molecular complexity index is 368. The lowest BCUT2D eigenvalue weighted by molar-refractivity contribution is -0.117. The van der Waals surface area contributed by atoms with Crippen molar-refractivity contribution in [2.24, 2.45) is 5.11 Å². The SMILES string of the molecule is [N-]=[N+]=NCC(=O)Cc1ccc(F)cc1. The predicted octanol–water partition coefficient (Wildman–Crippen LogP) is 2.25. The normalized spacial score (nSPS) is 9.21. The molecular weight excluding hydrogens is 185 g/mol. The maximum Gasteiger partial charge on any atom is 0.143 e. The molecule has 0 radical (unpaired) electrons. The summed E-state index contributed by atoms with van der Waals surface area (Å²) in [5, 5.41) is 3.14. The summed E-state index contributed by atoms with van der Waals surface area (Å²) in [5.74, 6) is -0.523. The standard InChI is InChI=1S/C9H8FN3O/c10-8-3-1-7(2-4-8)5-9(14)6-12-13-11/h1-4H,5-6H2. The molecule has 4 nitrogen and oxygen atoms in total.